The molecule has 0 aliphatic carbocycles. The number of H-pyrrole nitrogens is 1. The predicted octanol–water partition coefficient (Wildman–Crippen LogP) is 4.79. The second-order valence-electron chi connectivity index (χ2n) is 6.92. The monoisotopic (exact) mass is 387 g/mol. The largest absolute Gasteiger partial charge is 0.507 e. The molecule has 0 fully saturated rings. The number of aryl methyl sites for hydroxylation is 2. The van der Waals surface area contributed by atoms with E-state index in [1.165, 1.54) is 0 Å². The van der Waals surface area contributed by atoms with Crippen LogP contribution in [0.1, 0.15) is 28.4 Å². The summed E-state index contributed by atoms with van der Waals surface area (Å²) in [4.78, 5) is 16.5. The molecule has 0 spiro atoms. The first-order chi connectivity index (χ1) is 14.0. The average Bonchev–Trinajstić information content (AvgIpc) is 3.15. The molecule has 2 heterocycles. The number of esters is 1. The van der Waals surface area contributed by atoms with Crippen LogP contribution in [0.5, 0.6) is 5.75 Å². The summed E-state index contributed by atoms with van der Waals surface area (Å²) < 4.78 is 5.02. The summed E-state index contributed by atoms with van der Waals surface area (Å²) in [5, 5.41) is 18.3. The molecular weight excluding hydrogens is 366 g/mol. The van der Waals surface area contributed by atoms with Gasteiger partial charge in [-0.1, -0.05) is 12.1 Å². The number of benzene rings is 2. The molecule has 0 atom stereocenters. The molecule has 6 nitrogen and oxygen atoms in total. The molecule has 0 radical (unpaired) electrons. The zero-order valence-corrected chi connectivity index (χ0v) is 16.5. The van der Waals surface area contributed by atoms with Crippen molar-refractivity contribution >= 4 is 17.0 Å². The van der Waals surface area contributed by atoms with Gasteiger partial charge in [0.05, 0.1) is 23.6 Å². The van der Waals surface area contributed by atoms with E-state index >= 15 is 0 Å². The standard InChI is InChI=1S/C23H21N3O3/c1-4-29-23(28)16-7-5-15(6-8-16)20-18-9-10-19(24-22(18)26-25-20)17-11-13(2)21(27)14(3)12-17/h5-12,27H,4H2,1-3H3,(H,24,25,26). The van der Waals surface area contributed by atoms with Gasteiger partial charge in [-0.3, -0.25) is 5.10 Å². The lowest BCUT2D eigenvalue weighted by Gasteiger charge is -2.07. The van der Waals surface area contributed by atoms with Gasteiger partial charge in [-0.15, -0.1) is 0 Å². The van der Waals surface area contributed by atoms with Gasteiger partial charge in [0.2, 0.25) is 0 Å². The molecule has 6 heteroatoms. The molecule has 0 saturated heterocycles. The van der Waals surface area contributed by atoms with Crippen molar-refractivity contribution in [2.24, 2.45) is 0 Å². The van der Waals surface area contributed by atoms with Gasteiger partial charge in [0.1, 0.15) is 5.75 Å². The van der Waals surface area contributed by atoms with Crippen molar-refractivity contribution in [2.45, 2.75) is 20.8 Å². The van der Waals surface area contributed by atoms with Crippen molar-refractivity contribution in [3.63, 3.8) is 0 Å². The number of phenolic OH excluding ortho intramolecular Hbond substituents is 1. The summed E-state index contributed by atoms with van der Waals surface area (Å²) in [6.45, 7) is 5.87. The van der Waals surface area contributed by atoms with Gasteiger partial charge in [0.25, 0.3) is 0 Å². The first kappa shape index (κ1) is 18.7. The SMILES string of the molecule is CCOC(=O)c1ccc(-c2[nH]nc3nc(-c4cc(C)c(O)c(C)c4)ccc23)cc1. The van der Waals surface area contributed by atoms with Crippen LogP contribution >= 0.6 is 0 Å². The van der Waals surface area contributed by atoms with Crippen LogP contribution in [0.25, 0.3) is 33.5 Å². The van der Waals surface area contributed by atoms with Crippen molar-refractivity contribution in [3.05, 3.63) is 65.2 Å². The molecule has 29 heavy (non-hydrogen) atoms. The Balaban J connectivity index is 1.69. The molecule has 0 aliphatic rings. The van der Waals surface area contributed by atoms with E-state index in [4.69, 9.17) is 4.74 Å². The molecule has 2 aromatic heterocycles. The number of rotatable bonds is 4. The Morgan fingerprint density at radius 3 is 2.38 bits per heavy atom. The minimum atomic E-state index is -0.334. The molecule has 0 aliphatic heterocycles. The Hall–Kier alpha value is -3.67. The maximum Gasteiger partial charge on any atom is 0.338 e. The minimum Gasteiger partial charge on any atom is -0.507 e. The molecule has 0 amide bonds. The number of aromatic hydroxyl groups is 1. The van der Waals surface area contributed by atoms with E-state index in [0.29, 0.717) is 23.6 Å². The second kappa shape index (κ2) is 7.39. The average molecular weight is 387 g/mol. The van der Waals surface area contributed by atoms with Gasteiger partial charge in [-0.05, 0) is 68.3 Å². The van der Waals surface area contributed by atoms with Crippen LogP contribution in [0.4, 0.5) is 0 Å². The van der Waals surface area contributed by atoms with Crippen molar-refractivity contribution in [3.8, 4) is 28.3 Å². The third kappa shape index (κ3) is 3.45. The van der Waals surface area contributed by atoms with Gasteiger partial charge < -0.3 is 9.84 Å². The van der Waals surface area contributed by atoms with Crippen LogP contribution in [-0.2, 0) is 4.74 Å². The third-order valence-corrected chi connectivity index (χ3v) is 4.89. The van der Waals surface area contributed by atoms with E-state index in [-0.39, 0.29) is 5.97 Å². The predicted molar refractivity (Wildman–Crippen MR) is 112 cm³/mol. The topological polar surface area (TPSA) is 88.1 Å². The molecule has 0 unspecified atom stereocenters. The van der Waals surface area contributed by atoms with E-state index < -0.39 is 0 Å². The molecule has 4 rings (SSSR count). The molecule has 2 aromatic carbocycles. The lowest BCUT2D eigenvalue weighted by atomic mass is 10.0. The van der Waals surface area contributed by atoms with E-state index in [0.717, 1.165) is 39.0 Å². The fraction of sp³-hybridized carbons (Fsp3) is 0.174. The summed E-state index contributed by atoms with van der Waals surface area (Å²) in [5.41, 5.74) is 6.22. The lowest BCUT2D eigenvalue weighted by molar-refractivity contribution is 0.0526. The zero-order valence-electron chi connectivity index (χ0n) is 16.5. The number of pyridine rings is 1. The number of aromatic amines is 1. The first-order valence-electron chi connectivity index (χ1n) is 9.41. The fourth-order valence-electron chi connectivity index (χ4n) is 3.37. The number of hydrogen-bond donors (Lipinski definition) is 2. The van der Waals surface area contributed by atoms with Crippen molar-refractivity contribution < 1.29 is 14.6 Å². The smallest absolute Gasteiger partial charge is 0.338 e. The summed E-state index contributed by atoms with van der Waals surface area (Å²) in [6, 6.07) is 15.0. The second-order valence-corrected chi connectivity index (χ2v) is 6.92. The van der Waals surface area contributed by atoms with Gasteiger partial charge >= 0.3 is 5.97 Å². The number of nitrogens with zero attached hydrogens (tertiary/aromatic N) is 2. The maximum absolute atomic E-state index is 11.8. The van der Waals surface area contributed by atoms with Gasteiger partial charge in [-0.2, -0.15) is 5.10 Å². The Morgan fingerprint density at radius 1 is 1.03 bits per heavy atom. The molecule has 0 saturated carbocycles. The van der Waals surface area contributed by atoms with E-state index in [9.17, 15) is 9.90 Å². The highest BCUT2D eigenvalue weighted by molar-refractivity contribution is 5.94. The van der Waals surface area contributed by atoms with Crippen LogP contribution in [-0.4, -0.2) is 32.9 Å². The molecule has 4 aromatic rings. The molecule has 146 valence electrons. The van der Waals surface area contributed by atoms with Crippen molar-refractivity contribution in [2.75, 3.05) is 6.61 Å². The zero-order chi connectivity index (χ0) is 20.5. The number of nitrogens with one attached hydrogen (secondary N) is 1. The Kier molecular flexibility index (Phi) is 4.76. The third-order valence-electron chi connectivity index (χ3n) is 4.89. The summed E-state index contributed by atoms with van der Waals surface area (Å²) >= 11 is 0. The van der Waals surface area contributed by atoms with Gasteiger partial charge in [-0.25, -0.2) is 9.78 Å². The summed E-state index contributed by atoms with van der Waals surface area (Å²) in [5.74, 6) is -0.0255. The van der Waals surface area contributed by atoms with Crippen LogP contribution < -0.4 is 0 Å². The van der Waals surface area contributed by atoms with Crippen LogP contribution in [0.3, 0.4) is 0 Å². The van der Waals surface area contributed by atoms with Crippen LogP contribution in [0.2, 0.25) is 0 Å². The first-order valence-corrected chi connectivity index (χ1v) is 9.41. The normalized spacial score (nSPS) is 11.0. The fourth-order valence-corrected chi connectivity index (χ4v) is 3.37. The highest BCUT2D eigenvalue weighted by Gasteiger charge is 2.13. The Bertz CT molecular complexity index is 1190. The van der Waals surface area contributed by atoms with E-state index in [1.54, 1.807) is 19.1 Å². The number of ether oxygens (including phenoxy) is 1. The number of aromatic nitrogens is 3. The van der Waals surface area contributed by atoms with Crippen LogP contribution in [0, 0.1) is 13.8 Å². The van der Waals surface area contributed by atoms with E-state index in [2.05, 4.69) is 15.2 Å². The highest BCUT2D eigenvalue weighted by atomic mass is 16.5. The lowest BCUT2D eigenvalue weighted by Crippen LogP contribution is -2.04. The number of phenols is 1. The number of hydrogen-bond acceptors (Lipinski definition) is 5. The van der Waals surface area contributed by atoms with Crippen molar-refractivity contribution in [1.29, 1.82) is 0 Å². The molecule has 0 bridgehead atoms. The summed E-state index contributed by atoms with van der Waals surface area (Å²) in [7, 11) is 0. The number of carbonyl (C=O) groups is 1. The Labute approximate surface area is 168 Å². The number of carbonyl (C=O) groups excluding carboxylic acids is 1. The van der Waals surface area contributed by atoms with Gasteiger partial charge in [0, 0.05) is 16.5 Å². The molecule has 2 N–H and O–H groups in total. The Morgan fingerprint density at radius 2 is 1.72 bits per heavy atom. The number of fused-ring (bicyclic) bond motifs is 1. The van der Waals surface area contributed by atoms with E-state index in [1.807, 2.05) is 50.2 Å². The summed E-state index contributed by atoms with van der Waals surface area (Å²) in [6.07, 6.45) is 0. The van der Waals surface area contributed by atoms with Crippen LogP contribution in [0.15, 0.2) is 48.5 Å². The molecular formula is C23H21N3O3. The minimum absolute atomic E-state index is 0.308. The maximum atomic E-state index is 11.8. The van der Waals surface area contributed by atoms with Crippen molar-refractivity contribution in [1.82, 2.24) is 15.2 Å². The van der Waals surface area contributed by atoms with Gasteiger partial charge in [0.15, 0.2) is 5.65 Å². The highest BCUT2D eigenvalue weighted by Crippen LogP contribution is 2.31. The quantitative estimate of drug-likeness (QED) is 0.492.